The minimum Gasteiger partial charge on any atom is -0.503 e. The summed E-state index contributed by atoms with van der Waals surface area (Å²) in [6.45, 7) is 2.06. The molecule has 1 aromatic carbocycles. The van der Waals surface area contributed by atoms with Gasteiger partial charge >= 0.3 is 0 Å². The highest BCUT2D eigenvalue weighted by molar-refractivity contribution is 5.31. The lowest BCUT2D eigenvalue weighted by Gasteiger charge is -2.09. The summed E-state index contributed by atoms with van der Waals surface area (Å²) in [5.74, 6) is -2.96. The van der Waals surface area contributed by atoms with Gasteiger partial charge in [0.15, 0.2) is 17.4 Å². The molecular formula is C9H11F2NO. The van der Waals surface area contributed by atoms with Gasteiger partial charge in [-0.2, -0.15) is 0 Å². The van der Waals surface area contributed by atoms with Crippen LogP contribution in [0.4, 0.5) is 8.78 Å². The predicted molar refractivity (Wildman–Crippen MR) is 45.5 cm³/mol. The van der Waals surface area contributed by atoms with E-state index in [0.717, 1.165) is 12.1 Å². The maximum Gasteiger partial charge on any atom is 0.187 e. The number of aromatic hydroxyl groups is 1. The van der Waals surface area contributed by atoms with E-state index in [2.05, 4.69) is 0 Å². The first-order valence-corrected chi connectivity index (χ1v) is 3.94. The van der Waals surface area contributed by atoms with Crippen LogP contribution in [0.2, 0.25) is 0 Å². The molecule has 0 saturated carbocycles. The maximum atomic E-state index is 12.8. The molecule has 4 heteroatoms. The number of phenolic OH excluding ortho intramolecular Hbond substituents is 1. The minimum absolute atomic E-state index is 0.121. The Morgan fingerprint density at radius 3 is 2.23 bits per heavy atom. The van der Waals surface area contributed by atoms with Crippen LogP contribution in [0.25, 0.3) is 0 Å². The summed E-state index contributed by atoms with van der Waals surface area (Å²) in [6, 6.07) is 2.19. The molecule has 0 aliphatic carbocycles. The molecule has 2 nitrogen and oxygen atoms in total. The molecule has 0 aliphatic rings. The molecule has 0 amide bonds. The van der Waals surface area contributed by atoms with Crippen molar-refractivity contribution in [3.8, 4) is 5.75 Å². The third-order valence-electron chi connectivity index (χ3n) is 1.96. The van der Waals surface area contributed by atoms with Gasteiger partial charge in [-0.3, -0.25) is 0 Å². The first-order chi connectivity index (χ1) is 6.06. The van der Waals surface area contributed by atoms with Crippen molar-refractivity contribution in [2.45, 2.75) is 12.8 Å². The van der Waals surface area contributed by atoms with Crippen LogP contribution in [0.5, 0.6) is 5.75 Å². The molecule has 13 heavy (non-hydrogen) atoms. The van der Waals surface area contributed by atoms with Gasteiger partial charge in [-0.05, 0) is 30.2 Å². The van der Waals surface area contributed by atoms with Crippen molar-refractivity contribution in [1.82, 2.24) is 0 Å². The van der Waals surface area contributed by atoms with Crippen molar-refractivity contribution < 1.29 is 13.9 Å². The second-order valence-corrected chi connectivity index (χ2v) is 2.97. The Balaban J connectivity index is 3.13. The first kappa shape index (κ1) is 9.92. The topological polar surface area (TPSA) is 46.2 Å². The van der Waals surface area contributed by atoms with Crippen molar-refractivity contribution in [3.05, 3.63) is 29.3 Å². The van der Waals surface area contributed by atoms with Crippen LogP contribution in [0.1, 0.15) is 18.4 Å². The highest BCUT2D eigenvalue weighted by atomic mass is 19.1. The van der Waals surface area contributed by atoms with Crippen molar-refractivity contribution in [1.29, 1.82) is 0 Å². The number of nitrogens with two attached hydrogens (primary N) is 1. The number of halogens is 2. The van der Waals surface area contributed by atoms with Crippen LogP contribution in [0.15, 0.2) is 12.1 Å². The highest BCUT2D eigenvalue weighted by Gasteiger charge is 2.12. The third-order valence-corrected chi connectivity index (χ3v) is 1.96. The zero-order valence-corrected chi connectivity index (χ0v) is 7.22. The molecule has 1 unspecified atom stereocenters. The molecule has 3 N–H and O–H groups in total. The number of hydrogen-bond donors (Lipinski definition) is 2. The molecule has 0 fully saturated rings. The summed E-state index contributed by atoms with van der Waals surface area (Å²) in [4.78, 5) is 0. The first-order valence-electron chi connectivity index (χ1n) is 3.94. The average Bonchev–Trinajstić information content (AvgIpc) is 2.12. The molecule has 0 aliphatic heterocycles. The van der Waals surface area contributed by atoms with Gasteiger partial charge < -0.3 is 10.8 Å². The smallest absolute Gasteiger partial charge is 0.187 e. The molecule has 72 valence electrons. The van der Waals surface area contributed by atoms with Crippen molar-refractivity contribution in [2.75, 3.05) is 6.54 Å². The second-order valence-electron chi connectivity index (χ2n) is 2.97. The van der Waals surface area contributed by atoms with Gasteiger partial charge in [-0.1, -0.05) is 6.92 Å². The Morgan fingerprint density at radius 2 is 1.85 bits per heavy atom. The fourth-order valence-corrected chi connectivity index (χ4v) is 1.01. The summed E-state index contributed by atoms with van der Waals surface area (Å²) in [7, 11) is 0. The molecule has 0 spiro atoms. The van der Waals surface area contributed by atoms with Gasteiger partial charge in [0.05, 0.1) is 0 Å². The molecule has 1 aromatic rings. The molecule has 0 bridgehead atoms. The molecule has 0 aromatic heterocycles. The third kappa shape index (κ3) is 1.95. The summed E-state index contributed by atoms with van der Waals surface area (Å²) in [5, 5.41) is 8.80. The van der Waals surface area contributed by atoms with E-state index < -0.39 is 17.4 Å². The van der Waals surface area contributed by atoms with Crippen LogP contribution in [0, 0.1) is 11.6 Å². The van der Waals surface area contributed by atoms with Crippen LogP contribution in [-0.4, -0.2) is 11.7 Å². The number of rotatable bonds is 2. The Labute approximate surface area is 75.0 Å². The largest absolute Gasteiger partial charge is 0.503 e. The Kier molecular flexibility index (Phi) is 2.83. The Bertz CT molecular complexity index is 291. The fourth-order valence-electron chi connectivity index (χ4n) is 1.01. The summed E-state index contributed by atoms with van der Waals surface area (Å²) in [6.07, 6.45) is 0. The molecule has 0 radical (unpaired) electrons. The van der Waals surface area contributed by atoms with E-state index in [0.29, 0.717) is 12.1 Å². The van der Waals surface area contributed by atoms with Gasteiger partial charge in [-0.15, -0.1) is 0 Å². The number of hydrogen-bond acceptors (Lipinski definition) is 2. The summed E-state index contributed by atoms with van der Waals surface area (Å²) in [5.41, 5.74) is 5.79. The zero-order chi connectivity index (χ0) is 10.0. The van der Waals surface area contributed by atoms with Gasteiger partial charge in [0.1, 0.15) is 0 Å². The molecule has 1 atom stereocenters. The van der Waals surface area contributed by atoms with Gasteiger partial charge in [-0.25, -0.2) is 8.78 Å². The van der Waals surface area contributed by atoms with Crippen LogP contribution in [-0.2, 0) is 0 Å². The van der Waals surface area contributed by atoms with Crippen LogP contribution >= 0.6 is 0 Å². The van der Waals surface area contributed by atoms with Crippen molar-refractivity contribution >= 4 is 0 Å². The predicted octanol–water partition coefficient (Wildman–Crippen LogP) is 1.73. The Hall–Kier alpha value is -1.16. The maximum absolute atomic E-state index is 12.8. The zero-order valence-electron chi connectivity index (χ0n) is 7.22. The van der Waals surface area contributed by atoms with E-state index in [1.807, 2.05) is 0 Å². The van der Waals surface area contributed by atoms with Gasteiger partial charge in [0.25, 0.3) is 0 Å². The average molecular weight is 187 g/mol. The van der Waals surface area contributed by atoms with E-state index in [1.54, 1.807) is 6.92 Å². The monoisotopic (exact) mass is 187 g/mol. The molecule has 0 heterocycles. The van der Waals surface area contributed by atoms with Gasteiger partial charge in [0, 0.05) is 0 Å². The van der Waals surface area contributed by atoms with Gasteiger partial charge in [0.2, 0.25) is 0 Å². The van der Waals surface area contributed by atoms with E-state index in [-0.39, 0.29) is 5.92 Å². The van der Waals surface area contributed by atoms with E-state index >= 15 is 0 Å². The second kappa shape index (κ2) is 3.70. The lowest BCUT2D eigenvalue weighted by atomic mass is 10.0. The normalized spacial score (nSPS) is 12.9. The quantitative estimate of drug-likeness (QED) is 0.740. The molecule has 1 rings (SSSR count). The highest BCUT2D eigenvalue weighted by Crippen LogP contribution is 2.25. The lowest BCUT2D eigenvalue weighted by Crippen LogP contribution is -2.09. The van der Waals surface area contributed by atoms with Crippen molar-refractivity contribution in [3.63, 3.8) is 0 Å². The van der Waals surface area contributed by atoms with Crippen LogP contribution in [0.3, 0.4) is 0 Å². The standard InChI is InChI=1S/C9H11F2NO/c1-5(4-12)6-2-7(10)9(13)8(11)3-6/h2-3,5,13H,4,12H2,1H3. The van der Waals surface area contributed by atoms with E-state index in [4.69, 9.17) is 10.8 Å². The van der Waals surface area contributed by atoms with Crippen molar-refractivity contribution in [2.24, 2.45) is 5.73 Å². The molecule has 0 saturated heterocycles. The summed E-state index contributed by atoms with van der Waals surface area (Å²) < 4.78 is 25.6. The number of benzene rings is 1. The SMILES string of the molecule is CC(CN)c1cc(F)c(O)c(F)c1. The summed E-state index contributed by atoms with van der Waals surface area (Å²) >= 11 is 0. The number of phenols is 1. The van der Waals surface area contributed by atoms with E-state index in [9.17, 15) is 8.78 Å². The fraction of sp³-hybridized carbons (Fsp3) is 0.333. The Morgan fingerprint density at radius 1 is 1.38 bits per heavy atom. The molecular weight excluding hydrogens is 176 g/mol. The minimum atomic E-state index is -0.949. The lowest BCUT2D eigenvalue weighted by molar-refractivity contribution is 0.395. The van der Waals surface area contributed by atoms with E-state index in [1.165, 1.54) is 0 Å². The van der Waals surface area contributed by atoms with Crippen LogP contribution < -0.4 is 5.73 Å².